The summed E-state index contributed by atoms with van der Waals surface area (Å²) in [6.45, 7) is 5.17. The number of imidazole rings is 1. The van der Waals surface area contributed by atoms with Crippen LogP contribution < -0.4 is 10.6 Å². The number of aryl methyl sites for hydroxylation is 1. The molecule has 0 radical (unpaired) electrons. The molecule has 24 heavy (non-hydrogen) atoms. The molecular formula is C19H28N4O. The topological polar surface area (TPSA) is 69.8 Å². The van der Waals surface area contributed by atoms with Gasteiger partial charge in [-0.3, -0.25) is 4.79 Å². The predicted octanol–water partition coefficient (Wildman–Crippen LogP) is 3.44. The summed E-state index contributed by atoms with van der Waals surface area (Å²) < 4.78 is 0. The zero-order valence-electron chi connectivity index (χ0n) is 14.6. The summed E-state index contributed by atoms with van der Waals surface area (Å²) in [7, 11) is 0. The zero-order valence-corrected chi connectivity index (χ0v) is 14.6. The summed E-state index contributed by atoms with van der Waals surface area (Å²) in [5.41, 5.74) is 3.23. The van der Waals surface area contributed by atoms with Crippen LogP contribution in [0.2, 0.25) is 0 Å². The maximum Gasteiger partial charge on any atom is 0.224 e. The van der Waals surface area contributed by atoms with Crippen LogP contribution in [0.4, 0.5) is 5.69 Å². The van der Waals surface area contributed by atoms with E-state index in [4.69, 9.17) is 0 Å². The van der Waals surface area contributed by atoms with E-state index in [0.717, 1.165) is 43.6 Å². The van der Waals surface area contributed by atoms with E-state index in [2.05, 4.69) is 27.5 Å². The van der Waals surface area contributed by atoms with E-state index in [1.165, 1.54) is 5.56 Å². The number of benzene rings is 1. The van der Waals surface area contributed by atoms with Crippen LogP contribution in [0, 0.1) is 6.92 Å². The number of nitrogens with one attached hydrogen (secondary N) is 3. The van der Waals surface area contributed by atoms with Crippen LogP contribution in [0.3, 0.4) is 0 Å². The molecule has 130 valence electrons. The minimum atomic E-state index is 0.0960. The molecule has 1 amide bonds. The molecule has 2 rings (SSSR count). The smallest absolute Gasteiger partial charge is 0.224 e. The summed E-state index contributed by atoms with van der Waals surface area (Å²) in [6, 6.07) is 8.36. The molecule has 5 nitrogen and oxygen atoms in total. The quantitative estimate of drug-likeness (QED) is 0.585. The lowest BCUT2D eigenvalue weighted by atomic mass is 10.1. The fraction of sp³-hybridized carbons (Fsp3) is 0.474. The molecule has 0 fully saturated rings. The Balaban J connectivity index is 1.51. The van der Waals surface area contributed by atoms with E-state index in [0.29, 0.717) is 12.5 Å². The predicted molar refractivity (Wildman–Crippen MR) is 98.0 cm³/mol. The molecule has 0 aliphatic carbocycles. The Labute approximate surface area is 144 Å². The molecular weight excluding hydrogens is 300 g/mol. The number of rotatable bonds is 10. The Morgan fingerprint density at radius 3 is 2.75 bits per heavy atom. The van der Waals surface area contributed by atoms with Crippen molar-refractivity contribution in [1.29, 1.82) is 0 Å². The molecule has 0 bridgehead atoms. The van der Waals surface area contributed by atoms with Crippen LogP contribution >= 0.6 is 0 Å². The second-order valence-electron chi connectivity index (χ2n) is 6.34. The molecule has 0 saturated carbocycles. The molecule has 0 spiro atoms. The first-order valence-electron chi connectivity index (χ1n) is 8.70. The number of carbonyl (C=O) groups is 1. The van der Waals surface area contributed by atoms with Crippen molar-refractivity contribution in [3.63, 3.8) is 0 Å². The minimum Gasteiger partial charge on any atom is -0.348 e. The monoisotopic (exact) mass is 328 g/mol. The van der Waals surface area contributed by atoms with E-state index in [9.17, 15) is 4.79 Å². The van der Waals surface area contributed by atoms with E-state index >= 15 is 0 Å². The SMILES string of the molecule is Cc1ccc(NC(=O)CCCCC(C)NCCc2cnc[nH]2)cc1. The lowest BCUT2D eigenvalue weighted by molar-refractivity contribution is -0.116. The number of hydrogen-bond donors (Lipinski definition) is 3. The van der Waals surface area contributed by atoms with Gasteiger partial charge in [-0.15, -0.1) is 0 Å². The summed E-state index contributed by atoms with van der Waals surface area (Å²) in [5, 5.41) is 6.45. The van der Waals surface area contributed by atoms with Gasteiger partial charge < -0.3 is 15.6 Å². The van der Waals surface area contributed by atoms with Crippen molar-refractivity contribution in [2.45, 2.75) is 52.0 Å². The number of carbonyl (C=O) groups excluding carboxylic acids is 1. The second-order valence-corrected chi connectivity index (χ2v) is 6.34. The van der Waals surface area contributed by atoms with Gasteiger partial charge in [-0.1, -0.05) is 24.1 Å². The molecule has 3 N–H and O–H groups in total. The molecule has 1 atom stereocenters. The molecule has 1 unspecified atom stereocenters. The van der Waals surface area contributed by atoms with Crippen LogP contribution in [-0.2, 0) is 11.2 Å². The highest BCUT2D eigenvalue weighted by atomic mass is 16.1. The lowest BCUT2D eigenvalue weighted by Gasteiger charge is -2.13. The van der Waals surface area contributed by atoms with Crippen molar-refractivity contribution in [3.8, 4) is 0 Å². The Hall–Kier alpha value is -2.14. The fourth-order valence-electron chi connectivity index (χ4n) is 2.57. The standard InChI is InChI=1S/C19H28N4O/c1-15-7-9-17(10-8-15)23-19(24)6-4-3-5-16(2)21-12-11-18-13-20-14-22-18/h7-10,13-14,16,21H,3-6,11-12H2,1-2H3,(H,20,22)(H,23,24). The Morgan fingerprint density at radius 2 is 2.04 bits per heavy atom. The first kappa shape index (κ1) is 18.2. The number of aromatic nitrogens is 2. The lowest BCUT2D eigenvalue weighted by Crippen LogP contribution is -2.28. The molecule has 5 heteroatoms. The van der Waals surface area contributed by atoms with Gasteiger partial charge in [0.2, 0.25) is 5.91 Å². The third kappa shape index (κ3) is 6.96. The average molecular weight is 328 g/mol. The number of nitrogens with zero attached hydrogens (tertiary/aromatic N) is 1. The van der Waals surface area contributed by atoms with E-state index in [1.54, 1.807) is 6.33 Å². The normalized spacial score (nSPS) is 12.1. The van der Waals surface area contributed by atoms with Crippen molar-refractivity contribution in [2.75, 3.05) is 11.9 Å². The summed E-state index contributed by atoms with van der Waals surface area (Å²) in [6.07, 6.45) is 8.17. The number of aromatic amines is 1. The summed E-state index contributed by atoms with van der Waals surface area (Å²) in [5.74, 6) is 0.0960. The molecule has 1 aromatic carbocycles. The van der Waals surface area contributed by atoms with Gasteiger partial charge in [0.1, 0.15) is 0 Å². The third-order valence-electron chi connectivity index (χ3n) is 4.07. The van der Waals surface area contributed by atoms with Crippen molar-refractivity contribution >= 4 is 11.6 Å². The molecule has 0 aliphatic rings. The third-order valence-corrected chi connectivity index (χ3v) is 4.07. The Kier molecular flexibility index (Phi) is 7.49. The molecule has 0 saturated heterocycles. The number of hydrogen-bond acceptors (Lipinski definition) is 3. The van der Waals surface area contributed by atoms with Gasteiger partial charge in [0.05, 0.1) is 6.33 Å². The number of H-pyrrole nitrogens is 1. The van der Waals surface area contributed by atoms with Crippen molar-refractivity contribution in [1.82, 2.24) is 15.3 Å². The highest BCUT2D eigenvalue weighted by molar-refractivity contribution is 5.90. The first-order valence-corrected chi connectivity index (χ1v) is 8.70. The van der Waals surface area contributed by atoms with Crippen LogP contribution in [-0.4, -0.2) is 28.5 Å². The van der Waals surface area contributed by atoms with Crippen molar-refractivity contribution in [3.05, 3.63) is 48.0 Å². The van der Waals surface area contributed by atoms with Crippen molar-refractivity contribution in [2.24, 2.45) is 0 Å². The van der Waals surface area contributed by atoms with E-state index in [1.807, 2.05) is 37.4 Å². The fourth-order valence-corrected chi connectivity index (χ4v) is 2.57. The van der Waals surface area contributed by atoms with Crippen LogP contribution in [0.25, 0.3) is 0 Å². The number of amides is 1. The Bertz CT molecular complexity index is 592. The number of anilines is 1. The van der Waals surface area contributed by atoms with E-state index < -0.39 is 0 Å². The number of unbranched alkanes of at least 4 members (excludes halogenated alkanes) is 1. The summed E-state index contributed by atoms with van der Waals surface area (Å²) >= 11 is 0. The van der Waals surface area contributed by atoms with Crippen LogP contribution in [0.1, 0.15) is 43.9 Å². The van der Waals surface area contributed by atoms with Crippen LogP contribution in [0.5, 0.6) is 0 Å². The van der Waals surface area contributed by atoms with Gasteiger partial charge in [0.15, 0.2) is 0 Å². The molecule has 0 aliphatic heterocycles. The van der Waals surface area contributed by atoms with Crippen LogP contribution in [0.15, 0.2) is 36.8 Å². The molecule has 1 aromatic heterocycles. The Morgan fingerprint density at radius 1 is 1.25 bits per heavy atom. The largest absolute Gasteiger partial charge is 0.348 e. The molecule has 2 aromatic rings. The van der Waals surface area contributed by atoms with Gasteiger partial charge in [-0.2, -0.15) is 0 Å². The average Bonchev–Trinajstić information content (AvgIpc) is 3.07. The molecule has 1 heterocycles. The second kappa shape index (κ2) is 9.88. The van der Waals surface area contributed by atoms with E-state index in [-0.39, 0.29) is 5.91 Å². The summed E-state index contributed by atoms with van der Waals surface area (Å²) in [4.78, 5) is 19.0. The van der Waals surface area contributed by atoms with Crippen molar-refractivity contribution < 1.29 is 4.79 Å². The van der Waals surface area contributed by atoms with Gasteiger partial charge in [-0.25, -0.2) is 4.98 Å². The van der Waals surface area contributed by atoms with Gasteiger partial charge >= 0.3 is 0 Å². The highest BCUT2D eigenvalue weighted by Gasteiger charge is 2.05. The zero-order chi connectivity index (χ0) is 17.2. The maximum absolute atomic E-state index is 11.9. The van der Waals surface area contributed by atoms with Gasteiger partial charge in [-0.05, 0) is 38.8 Å². The maximum atomic E-state index is 11.9. The highest BCUT2D eigenvalue weighted by Crippen LogP contribution is 2.10. The first-order chi connectivity index (χ1) is 11.6. The van der Waals surface area contributed by atoms with Gasteiger partial charge in [0, 0.05) is 43.0 Å². The van der Waals surface area contributed by atoms with Gasteiger partial charge in [0.25, 0.3) is 0 Å². The minimum absolute atomic E-state index is 0.0960.